The van der Waals surface area contributed by atoms with E-state index in [-0.39, 0.29) is 16.7 Å². The Morgan fingerprint density at radius 2 is 1.73 bits per heavy atom. The van der Waals surface area contributed by atoms with Crippen LogP contribution in [0.25, 0.3) is 0 Å². The fourth-order valence-corrected chi connectivity index (χ4v) is 3.40. The molecule has 1 unspecified atom stereocenters. The largest absolute Gasteiger partial charge is 0.495 e. The highest BCUT2D eigenvalue weighted by molar-refractivity contribution is 7.80. The number of nitrogens with zero attached hydrogens (tertiary/aromatic N) is 1. The van der Waals surface area contributed by atoms with E-state index in [1.165, 1.54) is 25.3 Å². The molecule has 0 aromatic heterocycles. The van der Waals surface area contributed by atoms with Crippen molar-refractivity contribution in [2.75, 3.05) is 17.7 Å². The Balaban J connectivity index is 1.83. The highest BCUT2D eigenvalue weighted by atomic mass is 32.1. The SMILES string of the molecule is COc1ccc([N+](=O)[O-])cc1NC(=S)NC(C(=O)Nc1ccc(C)c(C)c1)c1ccccc1. The number of rotatable bonds is 7. The highest BCUT2D eigenvalue weighted by Crippen LogP contribution is 2.29. The van der Waals surface area contributed by atoms with Gasteiger partial charge in [-0.05, 0) is 61.0 Å². The van der Waals surface area contributed by atoms with Crippen LogP contribution in [0, 0.1) is 24.0 Å². The zero-order chi connectivity index (χ0) is 24.0. The quantitative estimate of drug-likeness (QED) is 0.260. The van der Waals surface area contributed by atoms with Crippen LogP contribution >= 0.6 is 12.2 Å². The van der Waals surface area contributed by atoms with Crippen LogP contribution in [0.5, 0.6) is 5.75 Å². The predicted octanol–water partition coefficient (Wildman–Crippen LogP) is 4.89. The van der Waals surface area contributed by atoms with E-state index in [0.717, 1.165) is 11.1 Å². The standard InChI is InChI=1S/C24H24N4O4S/c1-15-9-10-18(13-16(15)2)25-23(29)22(17-7-5-4-6-8-17)27-24(33)26-20-14-19(28(30)31)11-12-21(20)32-3/h4-14,22H,1-3H3,(H,25,29)(H2,26,27,33). The molecule has 0 heterocycles. The Hall–Kier alpha value is -3.98. The lowest BCUT2D eigenvalue weighted by Crippen LogP contribution is -2.39. The molecule has 9 heteroatoms. The Morgan fingerprint density at radius 3 is 2.36 bits per heavy atom. The maximum Gasteiger partial charge on any atom is 0.271 e. The summed E-state index contributed by atoms with van der Waals surface area (Å²) >= 11 is 5.42. The van der Waals surface area contributed by atoms with Crippen LogP contribution in [0.15, 0.2) is 66.7 Å². The number of hydrogen-bond donors (Lipinski definition) is 3. The van der Waals surface area contributed by atoms with E-state index < -0.39 is 11.0 Å². The van der Waals surface area contributed by atoms with Gasteiger partial charge in [0.2, 0.25) is 0 Å². The molecule has 1 amide bonds. The van der Waals surface area contributed by atoms with Gasteiger partial charge in [0.25, 0.3) is 11.6 Å². The molecule has 0 saturated carbocycles. The Labute approximate surface area is 197 Å². The van der Waals surface area contributed by atoms with Crippen LogP contribution in [0.2, 0.25) is 0 Å². The van der Waals surface area contributed by atoms with Crippen molar-refractivity contribution >= 4 is 40.3 Å². The van der Waals surface area contributed by atoms with Crippen LogP contribution < -0.4 is 20.7 Å². The smallest absolute Gasteiger partial charge is 0.271 e. The second-order valence-electron chi connectivity index (χ2n) is 7.37. The lowest BCUT2D eigenvalue weighted by Gasteiger charge is -2.21. The summed E-state index contributed by atoms with van der Waals surface area (Å²) in [5.41, 5.74) is 3.76. The first-order valence-electron chi connectivity index (χ1n) is 10.1. The number of benzene rings is 3. The number of carbonyl (C=O) groups excluding carboxylic acids is 1. The molecule has 0 aliphatic carbocycles. The van der Waals surface area contributed by atoms with Crippen molar-refractivity contribution in [1.29, 1.82) is 0 Å². The van der Waals surface area contributed by atoms with E-state index in [1.807, 2.05) is 62.4 Å². The number of nitrogens with one attached hydrogen (secondary N) is 3. The number of nitro groups is 1. The molecule has 8 nitrogen and oxygen atoms in total. The molecule has 0 aliphatic rings. The van der Waals surface area contributed by atoms with Gasteiger partial charge in [0.1, 0.15) is 11.8 Å². The summed E-state index contributed by atoms with van der Waals surface area (Å²) < 4.78 is 5.27. The van der Waals surface area contributed by atoms with Crippen LogP contribution in [0.3, 0.4) is 0 Å². The molecule has 0 fully saturated rings. The van der Waals surface area contributed by atoms with Crippen molar-refractivity contribution < 1.29 is 14.5 Å². The first-order valence-corrected chi connectivity index (χ1v) is 10.5. The molecular weight excluding hydrogens is 440 g/mol. The molecule has 0 aliphatic heterocycles. The van der Waals surface area contributed by atoms with Gasteiger partial charge in [0.05, 0.1) is 17.7 Å². The third-order valence-electron chi connectivity index (χ3n) is 5.09. The third-order valence-corrected chi connectivity index (χ3v) is 5.31. The van der Waals surface area contributed by atoms with Crippen LogP contribution in [0.4, 0.5) is 17.1 Å². The molecule has 33 heavy (non-hydrogen) atoms. The third kappa shape index (κ3) is 6.05. The molecule has 170 valence electrons. The zero-order valence-corrected chi connectivity index (χ0v) is 19.2. The van der Waals surface area contributed by atoms with Gasteiger partial charge >= 0.3 is 0 Å². The number of nitro benzene ring substituents is 1. The van der Waals surface area contributed by atoms with E-state index in [2.05, 4.69) is 16.0 Å². The number of anilines is 2. The second kappa shape index (κ2) is 10.6. The fourth-order valence-electron chi connectivity index (χ4n) is 3.18. The average molecular weight is 465 g/mol. The fraction of sp³-hybridized carbons (Fsp3) is 0.167. The molecule has 3 aromatic rings. The molecule has 3 N–H and O–H groups in total. The van der Waals surface area contributed by atoms with Gasteiger partial charge in [-0.1, -0.05) is 36.4 Å². The second-order valence-corrected chi connectivity index (χ2v) is 7.78. The summed E-state index contributed by atoms with van der Waals surface area (Å²) in [5.74, 6) is 0.0696. The van der Waals surface area contributed by atoms with Crippen molar-refractivity contribution in [1.82, 2.24) is 5.32 Å². The first-order chi connectivity index (χ1) is 15.8. The summed E-state index contributed by atoms with van der Waals surface area (Å²) in [6.45, 7) is 3.98. The van der Waals surface area contributed by atoms with Crippen LogP contribution in [-0.4, -0.2) is 23.1 Å². The number of non-ortho nitro benzene ring substituents is 1. The summed E-state index contributed by atoms with van der Waals surface area (Å²) in [6.07, 6.45) is 0. The Bertz CT molecular complexity index is 1180. The molecule has 0 spiro atoms. The predicted molar refractivity (Wildman–Crippen MR) is 133 cm³/mol. The van der Waals surface area contributed by atoms with Crippen molar-refractivity contribution in [3.05, 3.63) is 93.5 Å². The number of ether oxygens (including phenoxy) is 1. The van der Waals surface area contributed by atoms with E-state index in [0.29, 0.717) is 22.7 Å². The van der Waals surface area contributed by atoms with Gasteiger partial charge in [-0.3, -0.25) is 14.9 Å². The maximum absolute atomic E-state index is 13.2. The van der Waals surface area contributed by atoms with Crippen LogP contribution in [0.1, 0.15) is 22.7 Å². The first kappa shape index (κ1) is 23.7. The van der Waals surface area contributed by atoms with Gasteiger partial charge < -0.3 is 20.7 Å². The number of thiocarbonyl (C=S) groups is 1. The molecule has 0 bridgehead atoms. The summed E-state index contributed by atoms with van der Waals surface area (Å²) in [7, 11) is 1.45. The summed E-state index contributed by atoms with van der Waals surface area (Å²) in [6, 6.07) is 18.1. The zero-order valence-electron chi connectivity index (χ0n) is 18.4. The molecule has 3 aromatic carbocycles. The van der Waals surface area contributed by atoms with Gasteiger partial charge in [0.15, 0.2) is 5.11 Å². The summed E-state index contributed by atoms with van der Waals surface area (Å²) in [4.78, 5) is 23.8. The number of methoxy groups -OCH3 is 1. The average Bonchev–Trinajstić information content (AvgIpc) is 2.80. The number of carbonyl (C=O) groups is 1. The van der Waals surface area contributed by atoms with Gasteiger partial charge in [-0.2, -0.15) is 0 Å². The van der Waals surface area contributed by atoms with E-state index in [4.69, 9.17) is 17.0 Å². The van der Waals surface area contributed by atoms with Crippen molar-refractivity contribution in [2.24, 2.45) is 0 Å². The monoisotopic (exact) mass is 464 g/mol. The van der Waals surface area contributed by atoms with Crippen molar-refractivity contribution in [3.63, 3.8) is 0 Å². The van der Waals surface area contributed by atoms with Crippen LogP contribution in [-0.2, 0) is 4.79 Å². The number of aryl methyl sites for hydroxylation is 2. The maximum atomic E-state index is 13.2. The van der Waals surface area contributed by atoms with Crippen molar-refractivity contribution in [2.45, 2.75) is 19.9 Å². The minimum absolute atomic E-state index is 0.109. The lowest BCUT2D eigenvalue weighted by atomic mass is 10.1. The molecule has 0 saturated heterocycles. The lowest BCUT2D eigenvalue weighted by molar-refractivity contribution is -0.384. The molecule has 0 radical (unpaired) electrons. The minimum Gasteiger partial charge on any atom is -0.495 e. The molecule has 1 atom stereocenters. The van der Waals surface area contributed by atoms with E-state index >= 15 is 0 Å². The minimum atomic E-state index is -0.808. The van der Waals surface area contributed by atoms with Gasteiger partial charge in [-0.15, -0.1) is 0 Å². The van der Waals surface area contributed by atoms with Crippen molar-refractivity contribution in [3.8, 4) is 5.75 Å². The molecular formula is C24H24N4O4S. The van der Waals surface area contributed by atoms with E-state index in [1.54, 1.807) is 0 Å². The number of hydrogen-bond acceptors (Lipinski definition) is 5. The number of amides is 1. The topological polar surface area (TPSA) is 106 Å². The van der Waals surface area contributed by atoms with Gasteiger partial charge in [-0.25, -0.2) is 0 Å². The highest BCUT2D eigenvalue weighted by Gasteiger charge is 2.22. The Kier molecular flexibility index (Phi) is 7.57. The van der Waals surface area contributed by atoms with E-state index in [9.17, 15) is 14.9 Å². The normalized spacial score (nSPS) is 11.2. The Morgan fingerprint density at radius 1 is 1.00 bits per heavy atom. The van der Waals surface area contributed by atoms with Gasteiger partial charge in [0, 0.05) is 17.8 Å². The summed E-state index contributed by atoms with van der Waals surface area (Å²) in [5, 5.41) is 20.1. The molecule has 3 rings (SSSR count).